The fourth-order valence-corrected chi connectivity index (χ4v) is 2.21. The van der Waals surface area contributed by atoms with E-state index in [9.17, 15) is 0 Å². The van der Waals surface area contributed by atoms with Crippen LogP contribution in [0.3, 0.4) is 0 Å². The highest BCUT2D eigenvalue weighted by Crippen LogP contribution is 2.29. The molecule has 3 rings (SSSR count). The van der Waals surface area contributed by atoms with Gasteiger partial charge in [-0.05, 0) is 25.5 Å². The maximum Gasteiger partial charge on any atom is 0.213 e. The van der Waals surface area contributed by atoms with E-state index in [0.29, 0.717) is 12.4 Å². The van der Waals surface area contributed by atoms with Crippen LogP contribution in [0.15, 0.2) is 39.6 Å². The summed E-state index contributed by atoms with van der Waals surface area (Å²) in [5.74, 6) is 1.59. The molecular formula is C14H15N3O2. The molecule has 2 heterocycles. The van der Waals surface area contributed by atoms with Crippen molar-refractivity contribution in [3.8, 4) is 0 Å². The second kappa shape index (κ2) is 4.85. The van der Waals surface area contributed by atoms with Gasteiger partial charge in [0.1, 0.15) is 11.3 Å². The van der Waals surface area contributed by atoms with Crippen molar-refractivity contribution in [2.45, 2.75) is 26.4 Å². The van der Waals surface area contributed by atoms with Gasteiger partial charge in [-0.25, -0.2) is 0 Å². The average molecular weight is 257 g/mol. The highest BCUT2D eigenvalue weighted by molar-refractivity contribution is 5.82. The van der Waals surface area contributed by atoms with E-state index in [-0.39, 0.29) is 6.04 Å². The van der Waals surface area contributed by atoms with Crippen LogP contribution in [0.5, 0.6) is 0 Å². The summed E-state index contributed by atoms with van der Waals surface area (Å²) < 4.78 is 10.6. The molecule has 1 aromatic carbocycles. The van der Waals surface area contributed by atoms with Gasteiger partial charge in [0.05, 0.1) is 12.6 Å². The van der Waals surface area contributed by atoms with E-state index in [1.54, 1.807) is 0 Å². The Morgan fingerprint density at radius 3 is 2.89 bits per heavy atom. The monoisotopic (exact) mass is 257 g/mol. The van der Waals surface area contributed by atoms with Gasteiger partial charge in [-0.2, -0.15) is 4.98 Å². The molecule has 1 N–H and O–H groups in total. The zero-order valence-electron chi connectivity index (χ0n) is 10.9. The number of aryl methyl sites for hydroxylation is 1. The fourth-order valence-electron chi connectivity index (χ4n) is 2.21. The molecule has 1 atom stereocenters. The lowest BCUT2D eigenvalue weighted by molar-refractivity contribution is 0.399. The fraction of sp³-hybridized carbons (Fsp3) is 0.286. The Bertz CT molecular complexity index is 673. The van der Waals surface area contributed by atoms with Gasteiger partial charge in [0.15, 0.2) is 5.82 Å². The number of hydrogen-bond donors (Lipinski definition) is 1. The van der Waals surface area contributed by atoms with Gasteiger partial charge in [0.2, 0.25) is 6.39 Å². The third-order valence-corrected chi connectivity index (χ3v) is 3.25. The van der Waals surface area contributed by atoms with Crippen LogP contribution in [-0.2, 0) is 6.54 Å². The number of benzene rings is 1. The highest BCUT2D eigenvalue weighted by atomic mass is 16.5. The van der Waals surface area contributed by atoms with Crippen molar-refractivity contribution in [3.63, 3.8) is 0 Å². The Labute approximate surface area is 110 Å². The summed E-state index contributed by atoms with van der Waals surface area (Å²) in [6.07, 6.45) is 1.33. The first kappa shape index (κ1) is 11.9. The summed E-state index contributed by atoms with van der Waals surface area (Å²) in [7, 11) is 0. The van der Waals surface area contributed by atoms with Crippen LogP contribution in [0.25, 0.3) is 11.0 Å². The normalized spacial score (nSPS) is 12.9. The van der Waals surface area contributed by atoms with Crippen molar-refractivity contribution in [1.29, 1.82) is 0 Å². The van der Waals surface area contributed by atoms with E-state index in [1.165, 1.54) is 12.0 Å². The van der Waals surface area contributed by atoms with Gasteiger partial charge in [-0.15, -0.1) is 0 Å². The Morgan fingerprint density at radius 2 is 2.16 bits per heavy atom. The number of nitrogens with one attached hydrogen (secondary N) is 1. The molecular weight excluding hydrogens is 242 g/mol. The minimum Gasteiger partial charge on any atom is -0.459 e. The molecule has 0 saturated heterocycles. The van der Waals surface area contributed by atoms with Gasteiger partial charge >= 0.3 is 0 Å². The first-order chi connectivity index (χ1) is 9.25. The number of para-hydroxylation sites is 1. The van der Waals surface area contributed by atoms with Crippen LogP contribution < -0.4 is 5.32 Å². The van der Waals surface area contributed by atoms with E-state index in [4.69, 9.17) is 8.94 Å². The van der Waals surface area contributed by atoms with Crippen molar-refractivity contribution in [2.75, 3.05) is 0 Å². The molecule has 3 aromatic rings. The predicted octanol–water partition coefficient (Wildman–Crippen LogP) is 2.98. The molecule has 0 bridgehead atoms. The molecule has 5 nitrogen and oxygen atoms in total. The standard InChI is InChI=1S/C14H15N3O2/c1-9-11-5-3-4-6-12(11)19-14(9)10(2)15-7-13-16-8-18-17-13/h3-6,8,10,15H,7H2,1-2H3. The molecule has 0 radical (unpaired) electrons. The summed E-state index contributed by atoms with van der Waals surface area (Å²) in [6.45, 7) is 4.69. The van der Waals surface area contributed by atoms with Crippen LogP contribution in [0, 0.1) is 6.92 Å². The van der Waals surface area contributed by atoms with E-state index in [1.807, 2.05) is 18.2 Å². The minimum absolute atomic E-state index is 0.0888. The molecule has 0 spiro atoms. The molecule has 19 heavy (non-hydrogen) atoms. The van der Waals surface area contributed by atoms with Gasteiger partial charge in [-0.3, -0.25) is 0 Å². The summed E-state index contributed by atoms with van der Waals surface area (Å²) in [4.78, 5) is 3.98. The van der Waals surface area contributed by atoms with E-state index >= 15 is 0 Å². The van der Waals surface area contributed by atoms with E-state index in [0.717, 1.165) is 16.7 Å². The third-order valence-electron chi connectivity index (χ3n) is 3.25. The lowest BCUT2D eigenvalue weighted by atomic mass is 10.1. The molecule has 0 aliphatic rings. The number of nitrogens with zero attached hydrogens (tertiary/aromatic N) is 2. The maximum absolute atomic E-state index is 5.90. The first-order valence-electron chi connectivity index (χ1n) is 6.22. The summed E-state index contributed by atoms with van der Waals surface area (Å²) >= 11 is 0. The lowest BCUT2D eigenvalue weighted by Gasteiger charge is -2.10. The molecule has 0 aliphatic carbocycles. The zero-order valence-corrected chi connectivity index (χ0v) is 10.9. The molecule has 5 heteroatoms. The Hall–Kier alpha value is -2.14. The summed E-state index contributed by atoms with van der Waals surface area (Å²) in [6, 6.07) is 8.14. The molecule has 2 aromatic heterocycles. The number of furan rings is 1. The van der Waals surface area contributed by atoms with Crippen LogP contribution in [0.4, 0.5) is 0 Å². The van der Waals surface area contributed by atoms with Crippen LogP contribution in [0.2, 0.25) is 0 Å². The second-order valence-electron chi connectivity index (χ2n) is 4.54. The predicted molar refractivity (Wildman–Crippen MR) is 70.5 cm³/mol. The molecule has 0 aliphatic heterocycles. The first-order valence-corrected chi connectivity index (χ1v) is 6.22. The minimum atomic E-state index is 0.0888. The van der Waals surface area contributed by atoms with Gasteiger partial charge in [0.25, 0.3) is 0 Å². The zero-order chi connectivity index (χ0) is 13.2. The number of hydrogen-bond acceptors (Lipinski definition) is 5. The Balaban J connectivity index is 1.81. The van der Waals surface area contributed by atoms with Crippen molar-refractivity contribution >= 4 is 11.0 Å². The quantitative estimate of drug-likeness (QED) is 0.778. The van der Waals surface area contributed by atoms with Crippen LogP contribution in [0.1, 0.15) is 30.1 Å². The van der Waals surface area contributed by atoms with E-state index in [2.05, 4.69) is 35.4 Å². The summed E-state index contributed by atoms with van der Waals surface area (Å²) in [5.41, 5.74) is 2.09. The van der Waals surface area contributed by atoms with Crippen LogP contribution in [-0.4, -0.2) is 10.1 Å². The highest BCUT2D eigenvalue weighted by Gasteiger charge is 2.16. The molecule has 1 unspecified atom stereocenters. The average Bonchev–Trinajstić information content (AvgIpc) is 3.05. The Morgan fingerprint density at radius 1 is 1.32 bits per heavy atom. The van der Waals surface area contributed by atoms with Gasteiger partial charge in [0, 0.05) is 5.39 Å². The second-order valence-corrected chi connectivity index (χ2v) is 4.54. The van der Waals surface area contributed by atoms with Crippen molar-refractivity contribution in [1.82, 2.24) is 15.5 Å². The largest absolute Gasteiger partial charge is 0.459 e. The van der Waals surface area contributed by atoms with Crippen molar-refractivity contribution in [3.05, 3.63) is 47.8 Å². The topological polar surface area (TPSA) is 64.1 Å². The van der Waals surface area contributed by atoms with Gasteiger partial charge in [-0.1, -0.05) is 23.4 Å². The molecule has 0 saturated carbocycles. The smallest absolute Gasteiger partial charge is 0.213 e. The van der Waals surface area contributed by atoms with Crippen LogP contribution >= 0.6 is 0 Å². The molecule has 98 valence electrons. The van der Waals surface area contributed by atoms with E-state index < -0.39 is 0 Å². The number of aromatic nitrogens is 2. The maximum atomic E-state index is 5.90. The van der Waals surface area contributed by atoms with Crippen molar-refractivity contribution < 1.29 is 8.94 Å². The molecule has 0 fully saturated rings. The number of fused-ring (bicyclic) bond motifs is 1. The van der Waals surface area contributed by atoms with Gasteiger partial charge < -0.3 is 14.3 Å². The summed E-state index contributed by atoms with van der Waals surface area (Å²) in [5, 5.41) is 8.25. The number of rotatable bonds is 4. The SMILES string of the molecule is Cc1c(C(C)NCc2ncon2)oc2ccccc12. The Kier molecular flexibility index (Phi) is 3.05. The van der Waals surface area contributed by atoms with Crippen molar-refractivity contribution in [2.24, 2.45) is 0 Å². The lowest BCUT2D eigenvalue weighted by Crippen LogP contribution is -2.19. The molecule has 0 amide bonds. The third kappa shape index (κ3) is 2.24.